The van der Waals surface area contributed by atoms with Gasteiger partial charge in [0, 0.05) is 27.8 Å². The Bertz CT molecular complexity index is 557. The summed E-state index contributed by atoms with van der Waals surface area (Å²) in [6.45, 7) is 0. The van der Waals surface area contributed by atoms with Crippen LogP contribution in [0.15, 0.2) is 53.4 Å². The summed E-state index contributed by atoms with van der Waals surface area (Å²) in [6, 6.07) is 14.2. The second kappa shape index (κ2) is 5.89. The molecule has 18 heavy (non-hydrogen) atoms. The van der Waals surface area contributed by atoms with E-state index in [0.29, 0.717) is 0 Å². The molecule has 5 heteroatoms. The van der Waals surface area contributed by atoms with Gasteiger partial charge in [-0.05, 0) is 29.8 Å². The van der Waals surface area contributed by atoms with E-state index in [4.69, 9.17) is 11.6 Å². The Kier molecular flexibility index (Phi) is 4.23. The molecule has 0 bridgehead atoms. The molecule has 2 aromatic carbocycles. The van der Waals surface area contributed by atoms with Crippen molar-refractivity contribution in [1.82, 2.24) is 0 Å². The highest BCUT2D eigenvalue weighted by Crippen LogP contribution is 2.25. The van der Waals surface area contributed by atoms with Crippen LogP contribution >= 0.6 is 23.4 Å². The van der Waals surface area contributed by atoms with Gasteiger partial charge in [-0.25, -0.2) is 0 Å². The number of non-ortho nitro benzene ring substituents is 1. The Morgan fingerprint density at radius 3 is 2.50 bits per heavy atom. The first kappa shape index (κ1) is 12.9. The molecule has 0 heterocycles. The van der Waals surface area contributed by atoms with Crippen molar-refractivity contribution in [1.29, 1.82) is 0 Å². The van der Waals surface area contributed by atoms with Crippen LogP contribution in [0.2, 0.25) is 5.02 Å². The Hall–Kier alpha value is -1.52. The van der Waals surface area contributed by atoms with Crippen molar-refractivity contribution in [2.75, 3.05) is 0 Å². The van der Waals surface area contributed by atoms with Crippen molar-refractivity contribution in [2.45, 2.75) is 10.6 Å². The summed E-state index contributed by atoms with van der Waals surface area (Å²) < 4.78 is 0. The van der Waals surface area contributed by atoms with Crippen molar-refractivity contribution >= 4 is 29.1 Å². The van der Waals surface area contributed by atoms with Crippen LogP contribution in [-0.4, -0.2) is 4.92 Å². The van der Waals surface area contributed by atoms with Crippen LogP contribution in [-0.2, 0) is 5.75 Å². The van der Waals surface area contributed by atoms with Gasteiger partial charge in [-0.2, -0.15) is 0 Å². The second-order valence-corrected chi connectivity index (χ2v) is 5.15. The molecule has 0 N–H and O–H groups in total. The number of nitro benzene ring substituents is 1. The molecule has 0 aliphatic carbocycles. The van der Waals surface area contributed by atoms with E-state index in [2.05, 4.69) is 0 Å². The molecule has 0 aromatic heterocycles. The molecule has 0 saturated carbocycles. The maximum atomic E-state index is 10.5. The van der Waals surface area contributed by atoms with E-state index in [1.807, 2.05) is 24.3 Å². The highest BCUT2D eigenvalue weighted by molar-refractivity contribution is 7.98. The number of nitro groups is 1. The summed E-state index contributed by atoms with van der Waals surface area (Å²) in [5, 5.41) is 11.2. The smallest absolute Gasteiger partial charge is 0.258 e. The average Bonchev–Trinajstić information content (AvgIpc) is 2.37. The topological polar surface area (TPSA) is 43.1 Å². The Balaban J connectivity index is 2.00. The van der Waals surface area contributed by atoms with Crippen LogP contribution in [0.25, 0.3) is 0 Å². The van der Waals surface area contributed by atoms with Crippen LogP contribution in [0.3, 0.4) is 0 Å². The van der Waals surface area contributed by atoms with Crippen molar-refractivity contribution in [3.63, 3.8) is 0 Å². The second-order valence-electron chi connectivity index (χ2n) is 3.67. The number of halogens is 1. The highest BCUT2D eigenvalue weighted by atomic mass is 35.5. The Morgan fingerprint density at radius 1 is 1.17 bits per heavy atom. The molecule has 2 rings (SSSR count). The van der Waals surface area contributed by atoms with Crippen molar-refractivity contribution in [2.24, 2.45) is 0 Å². The first-order valence-corrected chi connectivity index (χ1v) is 6.63. The maximum Gasteiger partial charge on any atom is 0.269 e. The van der Waals surface area contributed by atoms with Gasteiger partial charge in [0.05, 0.1) is 4.92 Å². The van der Waals surface area contributed by atoms with Gasteiger partial charge in [0.1, 0.15) is 0 Å². The monoisotopic (exact) mass is 279 g/mol. The Labute approximate surface area is 114 Å². The molecule has 0 saturated heterocycles. The molecule has 92 valence electrons. The van der Waals surface area contributed by atoms with Gasteiger partial charge in [-0.3, -0.25) is 10.1 Å². The summed E-state index contributed by atoms with van der Waals surface area (Å²) in [7, 11) is 0. The standard InChI is InChI=1S/C13H10ClNO2S/c14-11-3-1-2-10(8-11)9-18-13-6-4-12(5-7-13)15(16)17/h1-8H,9H2. The van der Waals surface area contributed by atoms with Gasteiger partial charge in [0.25, 0.3) is 5.69 Å². The minimum absolute atomic E-state index is 0.113. The predicted molar refractivity (Wildman–Crippen MR) is 74.1 cm³/mol. The van der Waals surface area contributed by atoms with Gasteiger partial charge >= 0.3 is 0 Å². The average molecular weight is 280 g/mol. The molecule has 3 nitrogen and oxygen atoms in total. The first-order chi connectivity index (χ1) is 8.65. The molecular formula is C13H10ClNO2S. The van der Waals surface area contributed by atoms with Crippen LogP contribution in [0.1, 0.15) is 5.56 Å². The largest absolute Gasteiger partial charge is 0.269 e. The molecule has 0 aliphatic rings. The number of thioether (sulfide) groups is 1. The van der Waals surface area contributed by atoms with E-state index in [-0.39, 0.29) is 5.69 Å². The number of hydrogen-bond acceptors (Lipinski definition) is 3. The van der Waals surface area contributed by atoms with Crippen molar-refractivity contribution in [3.8, 4) is 0 Å². The van der Waals surface area contributed by atoms with Crippen molar-refractivity contribution < 1.29 is 4.92 Å². The Morgan fingerprint density at radius 2 is 1.89 bits per heavy atom. The van der Waals surface area contributed by atoms with Crippen LogP contribution in [0.5, 0.6) is 0 Å². The van der Waals surface area contributed by atoms with Gasteiger partial charge in [-0.15, -0.1) is 11.8 Å². The van der Waals surface area contributed by atoms with Gasteiger partial charge < -0.3 is 0 Å². The molecule has 2 aromatic rings. The quantitative estimate of drug-likeness (QED) is 0.469. The van der Waals surface area contributed by atoms with Crippen molar-refractivity contribution in [3.05, 3.63) is 69.2 Å². The van der Waals surface area contributed by atoms with Crippen LogP contribution in [0.4, 0.5) is 5.69 Å². The van der Waals surface area contributed by atoms with E-state index in [1.165, 1.54) is 12.1 Å². The lowest BCUT2D eigenvalue weighted by atomic mass is 10.2. The van der Waals surface area contributed by atoms with E-state index >= 15 is 0 Å². The summed E-state index contributed by atoms with van der Waals surface area (Å²) in [6.07, 6.45) is 0. The zero-order chi connectivity index (χ0) is 13.0. The fraction of sp³-hybridized carbons (Fsp3) is 0.0769. The van der Waals surface area contributed by atoms with E-state index in [1.54, 1.807) is 23.9 Å². The lowest BCUT2D eigenvalue weighted by Gasteiger charge is -2.02. The van der Waals surface area contributed by atoms with E-state index in [9.17, 15) is 10.1 Å². The molecule has 0 aliphatic heterocycles. The number of rotatable bonds is 4. The van der Waals surface area contributed by atoms with E-state index < -0.39 is 4.92 Å². The molecule has 0 atom stereocenters. The van der Waals surface area contributed by atoms with Gasteiger partial charge in [0.2, 0.25) is 0 Å². The van der Waals surface area contributed by atoms with Gasteiger partial charge in [0.15, 0.2) is 0 Å². The van der Waals surface area contributed by atoms with E-state index in [0.717, 1.165) is 21.2 Å². The number of hydrogen-bond donors (Lipinski definition) is 0. The zero-order valence-electron chi connectivity index (χ0n) is 9.38. The number of nitrogens with zero attached hydrogens (tertiary/aromatic N) is 1. The fourth-order valence-corrected chi connectivity index (χ4v) is 2.51. The van der Waals surface area contributed by atoms with Gasteiger partial charge in [-0.1, -0.05) is 23.7 Å². The third kappa shape index (κ3) is 3.48. The normalized spacial score (nSPS) is 10.3. The SMILES string of the molecule is O=[N+]([O-])c1ccc(SCc2cccc(Cl)c2)cc1. The third-order valence-corrected chi connectivity index (χ3v) is 3.66. The minimum atomic E-state index is -0.397. The summed E-state index contributed by atoms with van der Waals surface area (Å²) >= 11 is 7.52. The molecule has 0 fully saturated rings. The molecule has 0 spiro atoms. The van der Waals surface area contributed by atoms with Crippen LogP contribution < -0.4 is 0 Å². The summed E-state index contributed by atoms with van der Waals surface area (Å²) in [5.41, 5.74) is 1.24. The highest BCUT2D eigenvalue weighted by Gasteiger charge is 2.04. The first-order valence-electron chi connectivity index (χ1n) is 5.27. The summed E-state index contributed by atoms with van der Waals surface area (Å²) in [4.78, 5) is 11.1. The molecule has 0 amide bonds. The minimum Gasteiger partial charge on any atom is -0.258 e. The third-order valence-electron chi connectivity index (χ3n) is 2.34. The van der Waals surface area contributed by atoms with Crippen LogP contribution in [0, 0.1) is 10.1 Å². The summed E-state index contributed by atoms with van der Waals surface area (Å²) in [5.74, 6) is 0.790. The molecule has 0 unspecified atom stereocenters. The lowest BCUT2D eigenvalue weighted by molar-refractivity contribution is -0.384. The zero-order valence-corrected chi connectivity index (χ0v) is 10.9. The molecule has 0 radical (unpaired) electrons. The fourth-order valence-electron chi connectivity index (χ4n) is 1.46. The number of benzene rings is 2. The maximum absolute atomic E-state index is 10.5. The molecular weight excluding hydrogens is 270 g/mol. The predicted octanol–water partition coefficient (Wildman–Crippen LogP) is 4.54. The lowest BCUT2D eigenvalue weighted by Crippen LogP contribution is -1.86.